The molecule has 0 aromatic carbocycles. The van der Waals surface area contributed by atoms with Gasteiger partial charge in [0.05, 0.1) is 6.10 Å². The molecular formula is C10H16O. The van der Waals surface area contributed by atoms with Crippen LogP contribution in [0.25, 0.3) is 0 Å². The third-order valence-electron chi connectivity index (χ3n) is 4.39. The summed E-state index contributed by atoms with van der Waals surface area (Å²) >= 11 is 0. The fraction of sp³-hybridized carbons (Fsp3) is 1.00. The number of fused-ring (bicyclic) bond motifs is 5. The van der Waals surface area contributed by atoms with Gasteiger partial charge in [-0.15, -0.1) is 0 Å². The largest absolute Gasteiger partial charge is 0.393 e. The van der Waals surface area contributed by atoms with Crippen LogP contribution in [0.4, 0.5) is 0 Å². The van der Waals surface area contributed by atoms with Crippen LogP contribution in [-0.4, -0.2) is 11.2 Å². The van der Waals surface area contributed by atoms with E-state index < -0.39 is 0 Å². The lowest BCUT2D eigenvalue weighted by Gasteiger charge is -2.28. The van der Waals surface area contributed by atoms with Crippen molar-refractivity contribution in [3.8, 4) is 0 Å². The predicted octanol–water partition coefficient (Wildman–Crippen LogP) is 1.80. The monoisotopic (exact) mass is 152 g/mol. The first-order valence-corrected chi connectivity index (χ1v) is 5.04. The molecule has 0 radical (unpaired) electrons. The fourth-order valence-corrected chi connectivity index (χ4v) is 4.03. The van der Waals surface area contributed by atoms with E-state index in [2.05, 4.69) is 0 Å². The average molecular weight is 152 g/mol. The van der Waals surface area contributed by atoms with E-state index in [1.807, 2.05) is 0 Å². The van der Waals surface area contributed by atoms with Crippen LogP contribution in [0, 0.1) is 23.7 Å². The number of aliphatic hydroxyl groups is 1. The Labute approximate surface area is 67.8 Å². The highest BCUT2D eigenvalue weighted by molar-refractivity contribution is 5.02. The van der Waals surface area contributed by atoms with Gasteiger partial charge in [-0.3, -0.25) is 0 Å². The van der Waals surface area contributed by atoms with Crippen molar-refractivity contribution in [2.75, 3.05) is 0 Å². The van der Waals surface area contributed by atoms with E-state index in [1.54, 1.807) is 0 Å². The predicted molar refractivity (Wildman–Crippen MR) is 43.1 cm³/mol. The van der Waals surface area contributed by atoms with Crippen LogP contribution in [0.3, 0.4) is 0 Å². The molecule has 0 spiro atoms. The minimum absolute atomic E-state index is 0.0827. The highest BCUT2D eigenvalue weighted by Crippen LogP contribution is 2.58. The maximum atomic E-state index is 9.67. The van der Waals surface area contributed by atoms with E-state index in [1.165, 1.54) is 25.7 Å². The van der Waals surface area contributed by atoms with Crippen molar-refractivity contribution in [3.63, 3.8) is 0 Å². The van der Waals surface area contributed by atoms with Crippen molar-refractivity contribution in [3.05, 3.63) is 0 Å². The Kier molecular flexibility index (Phi) is 1.18. The molecule has 0 amide bonds. The van der Waals surface area contributed by atoms with Crippen molar-refractivity contribution in [2.24, 2.45) is 23.7 Å². The first kappa shape index (κ1) is 6.47. The molecule has 2 bridgehead atoms. The second kappa shape index (κ2) is 2.01. The summed E-state index contributed by atoms with van der Waals surface area (Å²) in [5.74, 6) is 3.60. The molecule has 0 saturated heterocycles. The molecule has 3 aliphatic carbocycles. The summed E-state index contributed by atoms with van der Waals surface area (Å²) in [6, 6.07) is 0. The molecule has 0 aromatic heterocycles. The van der Waals surface area contributed by atoms with Crippen LogP contribution in [-0.2, 0) is 0 Å². The lowest BCUT2D eigenvalue weighted by molar-refractivity contribution is 0.0642. The van der Waals surface area contributed by atoms with Crippen molar-refractivity contribution in [2.45, 2.75) is 38.2 Å². The summed E-state index contributed by atoms with van der Waals surface area (Å²) in [5.41, 5.74) is 0. The second-order valence-corrected chi connectivity index (χ2v) is 4.72. The molecule has 11 heavy (non-hydrogen) atoms. The number of rotatable bonds is 0. The summed E-state index contributed by atoms with van der Waals surface area (Å²) in [5, 5.41) is 9.67. The van der Waals surface area contributed by atoms with Gasteiger partial charge < -0.3 is 5.11 Å². The molecule has 1 N–H and O–H groups in total. The lowest BCUT2D eigenvalue weighted by Crippen LogP contribution is -2.27. The molecule has 3 rings (SSSR count). The van der Waals surface area contributed by atoms with Crippen molar-refractivity contribution in [1.29, 1.82) is 0 Å². The Morgan fingerprint density at radius 2 is 1.73 bits per heavy atom. The van der Waals surface area contributed by atoms with E-state index in [4.69, 9.17) is 0 Å². The summed E-state index contributed by atoms with van der Waals surface area (Å²) in [4.78, 5) is 0. The normalized spacial score (nSPS) is 60.3. The van der Waals surface area contributed by atoms with Gasteiger partial charge in [-0.05, 0) is 49.4 Å². The zero-order valence-electron chi connectivity index (χ0n) is 6.87. The standard InChI is InChI=1S/C10H16O/c11-10-5-6-4-9(10)8-3-1-2-7(6)8/h6-11H,1-5H2/t6?,7-,8-,9?,10-/m1/s1. The highest BCUT2D eigenvalue weighted by atomic mass is 16.3. The molecule has 0 aromatic rings. The molecule has 1 nitrogen and oxygen atoms in total. The quantitative estimate of drug-likeness (QED) is 0.561. The second-order valence-electron chi connectivity index (χ2n) is 4.72. The molecule has 0 aliphatic heterocycles. The summed E-state index contributed by atoms with van der Waals surface area (Å²) in [6.07, 6.45) is 6.90. The molecular weight excluding hydrogens is 136 g/mol. The van der Waals surface area contributed by atoms with Gasteiger partial charge in [0.2, 0.25) is 0 Å². The molecule has 1 heteroatoms. The molecule has 62 valence electrons. The van der Waals surface area contributed by atoms with Gasteiger partial charge in [0, 0.05) is 0 Å². The van der Waals surface area contributed by atoms with Crippen LogP contribution >= 0.6 is 0 Å². The van der Waals surface area contributed by atoms with E-state index in [0.717, 1.165) is 24.2 Å². The van der Waals surface area contributed by atoms with Crippen molar-refractivity contribution >= 4 is 0 Å². The van der Waals surface area contributed by atoms with Crippen LogP contribution in [0.5, 0.6) is 0 Å². The topological polar surface area (TPSA) is 20.2 Å². The lowest BCUT2D eigenvalue weighted by atomic mass is 9.80. The minimum atomic E-state index is 0.0827. The van der Waals surface area contributed by atoms with Crippen LogP contribution in [0.2, 0.25) is 0 Å². The van der Waals surface area contributed by atoms with E-state index in [9.17, 15) is 5.11 Å². The minimum Gasteiger partial charge on any atom is -0.393 e. The molecule has 0 heterocycles. The maximum Gasteiger partial charge on any atom is 0.0574 e. The van der Waals surface area contributed by atoms with Gasteiger partial charge in [-0.1, -0.05) is 6.42 Å². The summed E-state index contributed by atoms with van der Waals surface area (Å²) in [6.45, 7) is 0. The molecule has 2 unspecified atom stereocenters. The van der Waals surface area contributed by atoms with Crippen LogP contribution in [0.15, 0.2) is 0 Å². The zero-order chi connectivity index (χ0) is 7.42. The van der Waals surface area contributed by atoms with Gasteiger partial charge in [-0.25, -0.2) is 0 Å². The fourth-order valence-electron chi connectivity index (χ4n) is 4.03. The summed E-state index contributed by atoms with van der Waals surface area (Å²) < 4.78 is 0. The van der Waals surface area contributed by atoms with Gasteiger partial charge in [0.25, 0.3) is 0 Å². The van der Waals surface area contributed by atoms with Crippen LogP contribution < -0.4 is 0 Å². The SMILES string of the molecule is O[C@@H]1CC2CC1[C@@H]1CCC[C@H]21. The first-order valence-electron chi connectivity index (χ1n) is 5.04. The Hall–Kier alpha value is -0.0400. The van der Waals surface area contributed by atoms with Crippen molar-refractivity contribution < 1.29 is 5.11 Å². The van der Waals surface area contributed by atoms with E-state index in [0.29, 0.717) is 5.92 Å². The van der Waals surface area contributed by atoms with Gasteiger partial charge in [0.15, 0.2) is 0 Å². The third kappa shape index (κ3) is 0.703. The number of hydrogen-bond donors (Lipinski definition) is 1. The van der Waals surface area contributed by atoms with Gasteiger partial charge in [-0.2, -0.15) is 0 Å². The zero-order valence-corrected chi connectivity index (χ0v) is 6.87. The van der Waals surface area contributed by atoms with Gasteiger partial charge in [0.1, 0.15) is 0 Å². The number of aliphatic hydroxyl groups excluding tert-OH is 1. The Morgan fingerprint density at radius 1 is 0.909 bits per heavy atom. The van der Waals surface area contributed by atoms with Crippen LogP contribution in [0.1, 0.15) is 32.1 Å². The average Bonchev–Trinajstić information content (AvgIpc) is 2.52. The smallest absolute Gasteiger partial charge is 0.0574 e. The third-order valence-corrected chi connectivity index (χ3v) is 4.39. The Morgan fingerprint density at radius 3 is 2.64 bits per heavy atom. The first-order chi connectivity index (χ1) is 5.36. The highest BCUT2D eigenvalue weighted by Gasteiger charge is 2.53. The molecule has 5 atom stereocenters. The Bertz CT molecular complexity index is 178. The molecule has 3 aliphatic rings. The number of hydrogen-bond acceptors (Lipinski definition) is 1. The molecule has 3 fully saturated rings. The van der Waals surface area contributed by atoms with E-state index >= 15 is 0 Å². The molecule has 3 saturated carbocycles. The Balaban J connectivity index is 1.90. The van der Waals surface area contributed by atoms with Crippen molar-refractivity contribution in [1.82, 2.24) is 0 Å². The van der Waals surface area contributed by atoms with Gasteiger partial charge >= 0.3 is 0 Å². The van der Waals surface area contributed by atoms with E-state index in [-0.39, 0.29) is 6.10 Å². The maximum absolute atomic E-state index is 9.67. The summed E-state index contributed by atoms with van der Waals surface area (Å²) in [7, 11) is 0.